The number of carbonyl (C=O) groups is 2. The zero-order valence-corrected chi connectivity index (χ0v) is 15.1. The Morgan fingerprint density at radius 3 is 2.61 bits per heavy atom. The summed E-state index contributed by atoms with van der Waals surface area (Å²) in [6.07, 6.45) is 2.95. The van der Waals surface area contributed by atoms with Crippen molar-refractivity contribution in [2.75, 3.05) is 17.7 Å². The van der Waals surface area contributed by atoms with Crippen LogP contribution in [0.3, 0.4) is 0 Å². The zero-order chi connectivity index (χ0) is 19.9. The molecular weight excluding hydrogens is 361 g/mol. The summed E-state index contributed by atoms with van der Waals surface area (Å²) < 4.78 is 18.4. The molecule has 2 N–H and O–H groups in total. The van der Waals surface area contributed by atoms with E-state index in [4.69, 9.17) is 4.74 Å². The van der Waals surface area contributed by atoms with Crippen LogP contribution in [0.4, 0.5) is 15.8 Å². The molecule has 0 aliphatic rings. The molecule has 0 atom stereocenters. The largest absolute Gasteiger partial charge is 0.465 e. The molecule has 0 bridgehead atoms. The van der Waals surface area contributed by atoms with E-state index in [0.29, 0.717) is 22.5 Å². The summed E-state index contributed by atoms with van der Waals surface area (Å²) in [5.41, 5.74) is 1.95. The molecule has 0 aliphatic carbocycles. The van der Waals surface area contributed by atoms with Crippen molar-refractivity contribution in [3.8, 4) is 0 Å². The molecule has 6 nitrogen and oxygen atoms in total. The standard InChI is InChI=1S/C21H18FN3O3/c1-28-21(27)17-7-3-5-9-19(17)25-20(26)15-10-16(13-23-11-15)24-12-14-6-2-4-8-18(14)22/h2-11,13,24H,12H2,1H3,(H,25,26). The van der Waals surface area contributed by atoms with E-state index >= 15 is 0 Å². The van der Waals surface area contributed by atoms with Gasteiger partial charge in [-0.2, -0.15) is 0 Å². The van der Waals surface area contributed by atoms with E-state index < -0.39 is 11.9 Å². The number of ether oxygens (including phenoxy) is 1. The number of hydrogen-bond acceptors (Lipinski definition) is 5. The predicted molar refractivity (Wildman–Crippen MR) is 104 cm³/mol. The van der Waals surface area contributed by atoms with Crippen molar-refractivity contribution in [3.63, 3.8) is 0 Å². The second-order valence-corrected chi connectivity index (χ2v) is 5.90. The summed E-state index contributed by atoms with van der Waals surface area (Å²) in [6, 6.07) is 14.6. The maximum atomic E-state index is 13.7. The predicted octanol–water partition coefficient (Wildman–Crippen LogP) is 3.87. The van der Waals surface area contributed by atoms with Crippen LogP contribution in [0.15, 0.2) is 67.0 Å². The lowest BCUT2D eigenvalue weighted by molar-refractivity contribution is 0.0602. The summed E-state index contributed by atoms with van der Waals surface area (Å²) in [5, 5.41) is 5.73. The van der Waals surface area contributed by atoms with Gasteiger partial charge in [-0.3, -0.25) is 9.78 Å². The van der Waals surface area contributed by atoms with Crippen LogP contribution in [-0.2, 0) is 11.3 Å². The van der Waals surface area contributed by atoms with Crippen molar-refractivity contribution in [2.45, 2.75) is 6.54 Å². The Labute approximate surface area is 161 Å². The third-order valence-corrected chi connectivity index (χ3v) is 4.02. The number of nitrogens with zero attached hydrogens (tertiary/aromatic N) is 1. The lowest BCUT2D eigenvalue weighted by atomic mass is 10.1. The van der Waals surface area contributed by atoms with Crippen LogP contribution in [-0.4, -0.2) is 24.0 Å². The van der Waals surface area contributed by atoms with Crippen LogP contribution in [0.25, 0.3) is 0 Å². The number of para-hydroxylation sites is 1. The highest BCUT2D eigenvalue weighted by atomic mass is 19.1. The molecule has 0 saturated heterocycles. The van der Waals surface area contributed by atoms with Crippen molar-refractivity contribution in [3.05, 3.63) is 89.5 Å². The van der Waals surface area contributed by atoms with E-state index in [2.05, 4.69) is 15.6 Å². The number of hydrogen-bond donors (Lipinski definition) is 2. The molecule has 2 aromatic carbocycles. The van der Waals surface area contributed by atoms with Gasteiger partial charge in [-0.05, 0) is 24.3 Å². The van der Waals surface area contributed by atoms with Crippen molar-refractivity contribution in [2.24, 2.45) is 0 Å². The van der Waals surface area contributed by atoms with Gasteiger partial charge in [0.15, 0.2) is 0 Å². The number of rotatable bonds is 6. The lowest BCUT2D eigenvalue weighted by Gasteiger charge is -2.11. The van der Waals surface area contributed by atoms with Gasteiger partial charge in [0.1, 0.15) is 5.82 Å². The number of halogens is 1. The highest BCUT2D eigenvalue weighted by Gasteiger charge is 2.15. The molecule has 0 fully saturated rings. The summed E-state index contributed by atoms with van der Waals surface area (Å²) in [5.74, 6) is -1.29. The van der Waals surface area contributed by atoms with Crippen LogP contribution >= 0.6 is 0 Å². The van der Waals surface area contributed by atoms with Gasteiger partial charge in [0.05, 0.1) is 29.6 Å². The molecule has 3 aromatic rings. The summed E-state index contributed by atoms with van der Waals surface area (Å²) in [4.78, 5) is 28.4. The Hall–Kier alpha value is -3.74. The Morgan fingerprint density at radius 1 is 1.07 bits per heavy atom. The molecule has 1 amide bonds. The first-order valence-electron chi connectivity index (χ1n) is 8.49. The smallest absolute Gasteiger partial charge is 0.339 e. The number of amides is 1. The minimum absolute atomic E-state index is 0.250. The molecule has 3 rings (SSSR count). The molecule has 0 saturated carbocycles. The minimum Gasteiger partial charge on any atom is -0.465 e. The molecule has 0 aliphatic heterocycles. The highest BCUT2D eigenvalue weighted by molar-refractivity contribution is 6.08. The second-order valence-electron chi connectivity index (χ2n) is 5.90. The number of nitrogens with one attached hydrogen (secondary N) is 2. The molecule has 0 spiro atoms. The highest BCUT2D eigenvalue weighted by Crippen LogP contribution is 2.18. The SMILES string of the molecule is COC(=O)c1ccccc1NC(=O)c1cncc(NCc2ccccc2F)c1. The molecular formula is C21H18FN3O3. The number of carbonyl (C=O) groups excluding carboxylic acids is 2. The van der Waals surface area contributed by atoms with E-state index in [0.717, 1.165) is 0 Å². The van der Waals surface area contributed by atoms with E-state index in [-0.39, 0.29) is 17.9 Å². The zero-order valence-electron chi connectivity index (χ0n) is 15.1. The number of esters is 1. The number of benzene rings is 2. The summed E-state index contributed by atoms with van der Waals surface area (Å²) >= 11 is 0. The van der Waals surface area contributed by atoms with Gasteiger partial charge in [0.2, 0.25) is 0 Å². The Morgan fingerprint density at radius 2 is 1.82 bits per heavy atom. The first kappa shape index (κ1) is 19.0. The summed E-state index contributed by atoms with van der Waals surface area (Å²) in [7, 11) is 1.27. The van der Waals surface area contributed by atoms with Crippen LogP contribution in [0.2, 0.25) is 0 Å². The average Bonchev–Trinajstić information content (AvgIpc) is 2.73. The fraction of sp³-hybridized carbons (Fsp3) is 0.0952. The maximum Gasteiger partial charge on any atom is 0.339 e. The van der Waals surface area contributed by atoms with Crippen molar-refractivity contribution >= 4 is 23.3 Å². The van der Waals surface area contributed by atoms with Crippen LogP contribution < -0.4 is 10.6 Å². The third kappa shape index (κ3) is 4.50. The van der Waals surface area contributed by atoms with Gasteiger partial charge in [0, 0.05) is 24.5 Å². The third-order valence-electron chi connectivity index (χ3n) is 4.02. The van der Waals surface area contributed by atoms with E-state index in [9.17, 15) is 14.0 Å². The topological polar surface area (TPSA) is 80.3 Å². The van der Waals surface area contributed by atoms with Crippen molar-refractivity contribution in [1.82, 2.24) is 4.98 Å². The molecule has 142 valence electrons. The van der Waals surface area contributed by atoms with Gasteiger partial charge < -0.3 is 15.4 Å². The van der Waals surface area contributed by atoms with E-state index in [1.54, 1.807) is 54.7 Å². The fourth-order valence-electron chi connectivity index (χ4n) is 2.57. The number of aromatic nitrogens is 1. The second kappa shape index (κ2) is 8.77. The van der Waals surface area contributed by atoms with Gasteiger partial charge in [0.25, 0.3) is 5.91 Å². The van der Waals surface area contributed by atoms with E-state index in [1.807, 2.05) is 0 Å². The number of methoxy groups -OCH3 is 1. The van der Waals surface area contributed by atoms with Gasteiger partial charge in [-0.1, -0.05) is 30.3 Å². The number of anilines is 2. The van der Waals surface area contributed by atoms with E-state index in [1.165, 1.54) is 19.4 Å². The van der Waals surface area contributed by atoms with Crippen molar-refractivity contribution < 1.29 is 18.7 Å². The monoisotopic (exact) mass is 379 g/mol. The Kier molecular flexibility index (Phi) is 5.96. The normalized spacial score (nSPS) is 10.2. The van der Waals surface area contributed by atoms with Crippen LogP contribution in [0.5, 0.6) is 0 Å². The first-order valence-corrected chi connectivity index (χ1v) is 8.49. The Bertz CT molecular complexity index is 1010. The fourth-order valence-corrected chi connectivity index (χ4v) is 2.57. The molecule has 7 heteroatoms. The summed E-state index contributed by atoms with van der Waals surface area (Å²) in [6.45, 7) is 0.255. The average molecular weight is 379 g/mol. The van der Waals surface area contributed by atoms with Crippen LogP contribution in [0, 0.1) is 5.82 Å². The quantitative estimate of drug-likeness (QED) is 0.636. The lowest BCUT2D eigenvalue weighted by Crippen LogP contribution is -2.16. The van der Waals surface area contributed by atoms with Gasteiger partial charge in [-0.25, -0.2) is 9.18 Å². The van der Waals surface area contributed by atoms with Gasteiger partial charge >= 0.3 is 5.97 Å². The maximum absolute atomic E-state index is 13.7. The first-order chi connectivity index (χ1) is 13.6. The van der Waals surface area contributed by atoms with Crippen molar-refractivity contribution in [1.29, 1.82) is 0 Å². The molecule has 28 heavy (non-hydrogen) atoms. The minimum atomic E-state index is -0.547. The Balaban J connectivity index is 1.73. The number of pyridine rings is 1. The molecule has 1 heterocycles. The van der Waals surface area contributed by atoms with Gasteiger partial charge in [-0.15, -0.1) is 0 Å². The van der Waals surface area contributed by atoms with Crippen LogP contribution in [0.1, 0.15) is 26.3 Å². The molecule has 1 aromatic heterocycles. The molecule has 0 unspecified atom stereocenters. The molecule has 0 radical (unpaired) electrons.